The average Bonchev–Trinajstić information content (AvgIpc) is 3.08. The summed E-state index contributed by atoms with van der Waals surface area (Å²) in [5.41, 5.74) is 1.94. The van der Waals surface area contributed by atoms with Gasteiger partial charge < -0.3 is 10.6 Å². The minimum Gasteiger partial charge on any atom is -0.350 e. The van der Waals surface area contributed by atoms with E-state index in [-0.39, 0.29) is 18.2 Å². The largest absolute Gasteiger partial charge is 0.350 e. The van der Waals surface area contributed by atoms with Crippen molar-refractivity contribution in [2.24, 2.45) is 0 Å². The highest BCUT2D eigenvalue weighted by atomic mass is 35.5. The summed E-state index contributed by atoms with van der Waals surface area (Å²) >= 11 is 0. The quantitative estimate of drug-likeness (QED) is 0.761. The van der Waals surface area contributed by atoms with Gasteiger partial charge in [-0.25, -0.2) is 14.4 Å². The topological polar surface area (TPSA) is 49.8 Å². The number of anilines is 1. The molecule has 0 radical (unpaired) electrons. The zero-order chi connectivity index (χ0) is 15.6. The molecule has 4 nitrogen and oxygen atoms in total. The van der Waals surface area contributed by atoms with Gasteiger partial charge in [-0.15, -0.1) is 12.4 Å². The number of para-hydroxylation sites is 1. The molecule has 2 aromatic carbocycles. The van der Waals surface area contributed by atoms with Crippen LogP contribution in [-0.4, -0.2) is 29.1 Å². The number of hydrogen-bond acceptors (Lipinski definition) is 4. The smallest absolute Gasteiger partial charge is 0.224 e. The predicted octanol–water partition coefficient (Wildman–Crippen LogP) is 3.63. The van der Waals surface area contributed by atoms with Crippen LogP contribution in [0.5, 0.6) is 0 Å². The number of halogens is 2. The highest BCUT2D eigenvalue weighted by Gasteiger charge is 2.17. The van der Waals surface area contributed by atoms with Crippen LogP contribution < -0.4 is 10.6 Å². The van der Waals surface area contributed by atoms with E-state index in [1.165, 1.54) is 6.07 Å². The van der Waals surface area contributed by atoms with Gasteiger partial charge in [-0.3, -0.25) is 0 Å². The molecule has 2 heterocycles. The lowest BCUT2D eigenvalue weighted by Crippen LogP contribution is -2.23. The van der Waals surface area contributed by atoms with Gasteiger partial charge in [-0.05, 0) is 31.2 Å². The van der Waals surface area contributed by atoms with E-state index in [2.05, 4.69) is 20.6 Å². The summed E-state index contributed by atoms with van der Waals surface area (Å²) in [5.74, 6) is 0.278. The molecule has 0 aliphatic carbocycles. The maximum atomic E-state index is 14.2. The number of rotatable bonds is 3. The van der Waals surface area contributed by atoms with E-state index in [0.717, 1.165) is 30.4 Å². The standard InChI is InChI=1S/C18H17FN4.ClH/c19-15-7-3-1-5-13(15)17-14-6-2-4-8-16(14)22-18(23-17)21-12-9-10-20-11-12;/h1-8,12,20H,9-11H2,(H,21,22,23);1H/t12-;/m0./s1. The second-order valence-electron chi connectivity index (χ2n) is 5.73. The lowest BCUT2D eigenvalue weighted by atomic mass is 10.1. The lowest BCUT2D eigenvalue weighted by molar-refractivity contribution is 0.631. The summed E-state index contributed by atoms with van der Waals surface area (Å²) in [6.07, 6.45) is 1.03. The molecule has 1 saturated heterocycles. The van der Waals surface area contributed by atoms with Gasteiger partial charge in [0.1, 0.15) is 5.82 Å². The third-order valence-electron chi connectivity index (χ3n) is 4.13. The van der Waals surface area contributed by atoms with Crippen LogP contribution in [0.2, 0.25) is 0 Å². The number of fused-ring (bicyclic) bond motifs is 1. The van der Waals surface area contributed by atoms with Gasteiger partial charge in [0.15, 0.2) is 0 Å². The fraction of sp³-hybridized carbons (Fsp3) is 0.222. The van der Waals surface area contributed by atoms with E-state index in [9.17, 15) is 4.39 Å². The Bertz CT molecular complexity index is 849. The Kier molecular flexibility index (Phi) is 4.92. The zero-order valence-electron chi connectivity index (χ0n) is 13.0. The van der Waals surface area contributed by atoms with Gasteiger partial charge in [0, 0.05) is 23.5 Å². The fourth-order valence-corrected chi connectivity index (χ4v) is 2.96. The van der Waals surface area contributed by atoms with Crippen LogP contribution >= 0.6 is 12.4 Å². The molecule has 3 aromatic rings. The van der Waals surface area contributed by atoms with E-state index >= 15 is 0 Å². The molecule has 0 spiro atoms. The van der Waals surface area contributed by atoms with Crippen molar-refractivity contribution in [1.82, 2.24) is 15.3 Å². The van der Waals surface area contributed by atoms with Crippen molar-refractivity contribution in [2.45, 2.75) is 12.5 Å². The van der Waals surface area contributed by atoms with E-state index < -0.39 is 0 Å². The highest BCUT2D eigenvalue weighted by Crippen LogP contribution is 2.29. The summed E-state index contributed by atoms with van der Waals surface area (Å²) in [7, 11) is 0. The Hall–Kier alpha value is -2.24. The minimum absolute atomic E-state index is 0. The summed E-state index contributed by atoms with van der Waals surface area (Å²) < 4.78 is 14.2. The first-order valence-electron chi connectivity index (χ1n) is 7.80. The number of nitrogens with one attached hydrogen (secondary N) is 2. The molecule has 0 unspecified atom stereocenters. The summed E-state index contributed by atoms with van der Waals surface area (Å²) in [5, 5.41) is 7.52. The highest BCUT2D eigenvalue weighted by molar-refractivity contribution is 5.93. The van der Waals surface area contributed by atoms with Crippen molar-refractivity contribution in [2.75, 3.05) is 18.4 Å². The zero-order valence-corrected chi connectivity index (χ0v) is 13.8. The Labute approximate surface area is 145 Å². The number of benzene rings is 2. The third-order valence-corrected chi connectivity index (χ3v) is 4.13. The molecule has 1 atom stereocenters. The first-order valence-corrected chi connectivity index (χ1v) is 7.80. The van der Waals surface area contributed by atoms with E-state index in [0.29, 0.717) is 23.2 Å². The van der Waals surface area contributed by atoms with E-state index in [1.54, 1.807) is 12.1 Å². The maximum absolute atomic E-state index is 14.2. The molecule has 2 N–H and O–H groups in total. The summed E-state index contributed by atoms with van der Waals surface area (Å²) in [6.45, 7) is 1.89. The van der Waals surface area contributed by atoms with Gasteiger partial charge in [-0.2, -0.15) is 0 Å². The average molecular weight is 345 g/mol. The number of hydrogen-bond donors (Lipinski definition) is 2. The van der Waals surface area contributed by atoms with Crippen LogP contribution in [0.3, 0.4) is 0 Å². The molecule has 0 bridgehead atoms. The molecule has 0 saturated carbocycles. The lowest BCUT2D eigenvalue weighted by Gasteiger charge is -2.14. The van der Waals surface area contributed by atoms with Crippen molar-refractivity contribution < 1.29 is 4.39 Å². The summed E-state index contributed by atoms with van der Waals surface area (Å²) in [4.78, 5) is 9.19. The molecule has 124 valence electrons. The number of nitrogens with zero attached hydrogens (tertiary/aromatic N) is 2. The van der Waals surface area contributed by atoms with Gasteiger partial charge in [0.2, 0.25) is 5.95 Å². The molecular weight excluding hydrogens is 327 g/mol. The summed E-state index contributed by atoms with van der Waals surface area (Å²) in [6, 6.07) is 14.7. The molecular formula is C18H18ClFN4. The van der Waals surface area contributed by atoms with Crippen LogP contribution in [0.15, 0.2) is 48.5 Å². The van der Waals surface area contributed by atoms with Gasteiger partial charge in [0.05, 0.1) is 11.2 Å². The molecule has 4 rings (SSSR count). The van der Waals surface area contributed by atoms with Crippen molar-refractivity contribution >= 4 is 29.3 Å². The maximum Gasteiger partial charge on any atom is 0.224 e. The fourth-order valence-electron chi connectivity index (χ4n) is 2.96. The third kappa shape index (κ3) is 3.18. The first-order chi connectivity index (χ1) is 11.3. The minimum atomic E-state index is -0.273. The molecule has 1 fully saturated rings. The number of aromatic nitrogens is 2. The van der Waals surface area contributed by atoms with Crippen LogP contribution in [0.25, 0.3) is 22.2 Å². The molecule has 1 aliphatic heterocycles. The Morgan fingerprint density at radius 1 is 1.04 bits per heavy atom. The molecule has 24 heavy (non-hydrogen) atoms. The van der Waals surface area contributed by atoms with Crippen molar-refractivity contribution in [1.29, 1.82) is 0 Å². The second-order valence-corrected chi connectivity index (χ2v) is 5.73. The molecule has 0 amide bonds. The molecule has 1 aromatic heterocycles. The van der Waals surface area contributed by atoms with Gasteiger partial charge in [0.25, 0.3) is 0 Å². The van der Waals surface area contributed by atoms with E-state index in [4.69, 9.17) is 0 Å². The molecule has 6 heteroatoms. The van der Waals surface area contributed by atoms with Crippen molar-refractivity contribution in [3.63, 3.8) is 0 Å². The van der Waals surface area contributed by atoms with Crippen molar-refractivity contribution in [3.05, 3.63) is 54.3 Å². The Morgan fingerprint density at radius 2 is 1.83 bits per heavy atom. The second kappa shape index (κ2) is 7.11. The van der Waals surface area contributed by atoms with Crippen LogP contribution in [0, 0.1) is 5.82 Å². The van der Waals surface area contributed by atoms with Crippen molar-refractivity contribution in [3.8, 4) is 11.3 Å². The predicted molar refractivity (Wildman–Crippen MR) is 97.1 cm³/mol. The van der Waals surface area contributed by atoms with Crippen LogP contribution in [-0.2, 0) is 0 Å². The Balaban J connectivity index is 0.00000169. The monoisotopic (exact) mass is 344 g/mol. The SMILES string of the molecule is Cl.Fc1ccccc1-c1nc(N[C@H]2CCNC2)nc2ccccc12. The Morgan fingerprint density at radius 3 is 2.62 bits per heavy atom. The molecule has 1 aliphatic rings. The van der Waals surface area contributed by atoms with Crippen LogP contribution in [0.1, 0.15) is 6.42 Å². The normalized spacial score (nSPS) is 16.8. The first kappa shape index (κ1) is 16.6. The van der Waals surface area contributed by atoms with Gasteiger partial charge in [-0.1, -0.05) is 30.3 Å². The van der Waals surface area contributed by atoms with E-state index in [1.807, 2.05) is 30.3 Å². The van der Waals surface area contributed by atoms with Gasteiger partial charge >= 0.3 is 0 Å². The van der Waals surface area contributed by atoms with Crippen LogP contribution in [0.4, 0.5) is 10.3 Å².